The normalized spacial score (nSPS) is 12.0. The Balaban J connectivity index is 0.000000623. The monoisotopic (exact) mass is 507 g/mol. The first-order valence-corrected chi connectivity index (χ1v) is 12.7. The van der Waals surface area contributed by atoms with Crippen molar-refractivity contribution in [1.82, 2.24) is 14.7 Å². The van der Waals surface area contributed by atoms with E-state index in [1.165, 1.54) is 6.07 Å². The van der Waals surface area contributed by atoms with Crippen LogP contribution in [0.2, 0.25) is 0 Å². The smallest absolute Gasteiger partial charge is 0.293 e. The highest BCUT2D eigenvalue weighted by Crippen LogP contribution is 2.51. The van der Waals surface area contributed by atoms with Gasteiger partial charge in [0.15, 0.2) is 0 Å². The van der Waals surface area contributed by atoms with E-state index < -0.39 is 10.1 Å². The summed E-state index contributed by atoms with van der Waals surface area (Å²) in [6, 6.07) is 6.94. The molecule has 0 atom stereocenters. The molecule has 2 N–H and O–H groups in total. The number of ether oxygens (including phenoxy) is 2. The van der Waals surface area contributed by atoms with Crippen molar-refractivity contribution in [2.24, 2.45) is 0 Å². The van der Waals surface area contributed by atoms with E-state index in [0.29, 0.717) is 41.4 Å². The highest BCUT2D eigenvalue weighted by molar-refractivity contribution is 7.85. The zero-order valence-corrected chi connectivity index (χ0v) is 21.0. The molecule has 0 aliphatic carbocycles. The van der Waals surface area contributed by atoms with Crippen molar-refractivity contribution in [1.29, 1.82) is 0 Å². The second-order valence-electron chi connectivity index (χ2n) is 7.82. The quantitative estimate of drug-likeness (QED) is 0.206. The molecule has 0 spiro atoms. The molecule has 13 heteroatoms. The first-order valence-electron chi connectivity index (χ1n) is 10.9. The molecule has 4 rings (SSSR count). The van der Waals surface area contributed by atoms with Crippen LogP contribution in [-0.4, -0.2) is 72.7 Å². The van der Waals surface area contributed by atoms with Gasteiger partial charge >= 0.3 is 0 Å². The van der Waals surface area contributed by atoms with Gasteiger partial charge in [-0.3, -0.25) is 19.3 Å². The molecule has 1 aliphatic rings. The average Bonchev–Trinajstić information content (AvgIpc) is 3.18. The zero-order chi connectivity index (χ0) is 25.9. The molecule has 0 amide bonds. The number of likely N-dealkylation sites (N-methyl/N-ethyl adjacent to an activating group) is 1. The number of hydrogen-bond acceptors (Lipinski definition) is 9. The maximum absolute atomic E-state index is 11.7. The molecular formula is C22H29N5O7S. The summed E-state index contributed by atoms with van der Waals surface area (Å²) in [4.78, 5) is 13.6. The molecule has 0 fully saturated rings. The summed E-state index contributed by atoms with van der Waals surface area (Å²) in [5.74, 6) is 1.17. The van der Waals surface area contributed by atoms with Crippen molar-refractivity contribution < 1.29 is 27.4 Å². The molecule has 0 bridgehead atoms. The van der Waals surface area contributed by atoms with E-state index in [2.05, 4.69) is 24.1 Å². The fourth-order valence-electron chi connectivity index (χ4n) is 3.98. The Morgan fingerprint density at radius 2 is 1.83 bits per heavy atom. The first kappa shape index (κ1) is 26.2. The fourth-order valence-corrected chi connectivity index (χ4v) is 3.98. The van der Waals surface area contributed by atoms with Crippen LogP contribution in [0.15, 0.2) is 24.3 Å². The van der Waals surface area contributed by atoms with Crippen LogP contribution in [-0.2, 0) is 16.7 Å². The second-order valence-corrected chi connectivity index (χ2v) is 9.29. The second kappa shape index (κ2) is 10.5. The minimum atomic E-state index is -3.67. The van der Waals surface area contributed by atoms with E-state index in [-0.39, 0.29) is 10.6 Å². The third-order valence-electron chi connectivity index (χ3n) is 5.65. The average molecular weight is 508 g/mol. The lowest BCUT2D eigenvalue weighted by Gasteiger charge is -2.21. The van der Waals surface area contributed by atoms with Gasteiger partial charge in [0.25, 0.3) is 15.8 Å². The van der Waals surface area contributed by atoms with Crippen molar-refractivity contribution in [2.45, 2.75) is 20.4 Å². The third-order valence-corrected chi connectivity index (χ3v) is 5.65. The summed E-state index contributed by atoms with van der Waals surface area (Å²) in [7, 11) is -0.515. The summed E-state index contributed by atoms with van der Waals surface area (Å²) < 4.78 is 38.8. The lowest BCUT2D eigenvalue weighted by Crippen LogP contribution is -2.27. The van der Waals surface area contributed by atoms with Gasteiger partial charge < -0.3 is 19.7 Å². The van der Waals surface area contributed by atoms with Crippen LogP contribution >= 0.6 is 0 Å². The highest BCUT2D eigenvalue weighted by atomic mass is 32.2. The predicted octanol–water partition coefficient (Wildman–Crippen LogP) is 3.53. The van der Waals surface area contributed by atoms with Crippen molar-refractivity contribution >= 4 is 38.1 Å². The maximum atomic E-state index is 11.7. The molecule has 0 radical (unpaired) electrons. The van der Waals surface area contributed by atoms with Crippen LogP contribution in [0.25, 0.3) is 22.2 Å². The minimum absolute atomic E-state index is 0.00978. The Morgan fingerprint density at radius 3 is 2.37 bits per heavy atom. The Kier molecular flexibility index (Phi) is 7.83. The van der Waals surface area contributed by atoms with Gasteiger partial charge in [-0.1, -0.05) is 13.8 Å². The van der Waals surface area contributed by atoms with E-state index >= 15 is 0 Å². The van der Waals surface area contributed by atoms with E-state index in [1.54, 1.807) is 26.4 Å². The number of aromatic nitrogens is 2. The van der Waals surface area contributed by atoms with E-state index in [1.807, 2.05) is 10.7 Å². The number of nitrogens with one attached hydrogen (secondary N) is 1. The van der Waals surface area contributed by atoms with Gasteiger partial charge in [-0.25, -0.2) is 0 Å². The number of nitro groups is 1. The Bertz CT molecular complexity index is 1340. The molecule has 1 aliphatic heterocycles. The fraction of sp³-hybridized carbons (Fsp3) is 0.409. The van der Waals surface area contributed by atoms with E-state index in [4.69, 9.17) is 19.1 Å². The number of methoxy groups -OCH3 is 2. The van der Waals surface area contributed by atoms with Gasteiger partial charge in [-0.05, 0) is 25.2 Å². The zero-order valence-electron chi connectivity index (χ0n) is 20.2. The van der Waals surface area contributed by atoms with Crippen LogP contribution in [0.1, 0.15) is 13.8 Å². The minimum Gasteiger partial charge on any atom is -0.497 e. The van der Waals surface area contributed by atoms with Crippen LogP contribution in [0.5, 0.6) is 11.5 Å². The molecule has 0 unspecified atom stereocenters. The van der Waals surface area contributed by atoms with Gasteiger partial charge in [0.1, 0.15) is 22.9 Å². The molecule has 2 heterocycles. The number of hydrogen-bond donors (Lipinski definition) is 2. The first-order chi connectivity index (χ1) is 16.5. The van der Waals surface area contributed by atoms with Gasteiger partial charge in [0.05, 0.1) is 48.5 Å². The molecule has 190 valence electrons. The summed E-state index contributed by atoms with van der Waals surface area (Å²) in [5.41, 5.74) is 3.45. The number of rotatable bonds is 8. The van der Waals surface area contributed by atoms with Crippen LogP contribution in [0.4, 0.5) is 17.1 Å². The lowest BCUT2D eigenvalue weighted by molar-refractivity contribution is -0.383. The van der Waals surface area contributed by atoms with Crippen LogP contribution in [0.3, 0.4) is 0 Å². The molecule has 3 aromatic rings. The Labute approximate surface area is 203 Å². The molecule has 0 saturated heterocycles. The summed E-state index contributed by atoms with van der Waals surface area (Å²) in [6.45, 7) is 7.70. The summed E-state index contributed by atoms with van der Waals surface area (Å²) in [6.07, 6.45) is 0.715. The summed E-state index contributed by atoms with van der Waals surface area (Å²) in [5, 5.41) is 20.6. The third kappa shape index (κ3) is 5.63. The number of benzene rings is 2. The van der Waals surface area contributed by atoms with Gasteiger partial charge in [0.2, 0.25) is 0 Å². The van der Waals surface area contributed by atoms with Crippen molar-refractivity contribution in [3.8, 4) is 22.8 Å². The van der Waals surface area contributed by atoms with E-state index in [9.17, 15) is 18.5 Å². The predicted molar refractivity (Wildman–Crippen MR) is 133 cm³/mol. The van der Waals surface area contributed by atoms with Crippen molar-refractivity contribution in [3.63, 3.8) is 0 Å². The number of fused-ring (bicyclic) bond motifs is 2. The Hall–Kier alpha value is -3.42. The molecular weight excluding hydrogens is 478 g/mol. The SMILES string of the molecule is CCN(CC)CCn1nc2c3c(c([N+](=O)[O-])ccc31)Nc1c(OC)cc(OC)cc1-2.CS(=O)(=O)O. The van der Waals surface area contributed by atoms with Gasteiger partial charge in [0, 0.05) is 24.2 Å². The lowest BCUT2D eigenvalue weighted by atomic mass is 9.98. The largest absolute Gasteiger partial charge is 0.497 e. The van der Waals surface area contributed by atoms with Crippen molar-refractivity contribution in [3.05, 3.63) is 34.4 Å². The highest BCUT2D eigenvalue weighted by Gasteiger charge is 2.31. The number of nitro benzene ring substituents is 1. The topological polar surface area (TPSA) is 149 Å². The standard InChI is InChI=1S/C21H25N5O4.CH4O3S/c1-5-24(6-2)9-10-25-15-7-8-16(26(27)28)21-18(15)20(23-25)14-11-13(29-3)12-17(30-4)19(14)22-21;1-5(2,3)4/h7-8,11-12,22H,5-6,9-10H2,1-4H3;1H3,(H,2,3,4). The number of nitrogens with zero attached hydrogens (tertiary/aromatic N) is 4. The molecule has 2 aromatic carbocycles. The van der Waals surface area contributed by atoms with E-state index in [0.717, 1.165) is 36.1 Å². The van der Waals surface area contributed by atoms with Crippen LogP contribution < -0.4 is 14.8 Å². The number of anilines is 2. The van der Waals surface area contributed by atoms with Crippen LogP contribution in [0, 0.1) is 10.1 Å². The van der Waals surface area contributed by atoms with Crippen molar-refractivity contribution in [2.75, 3.05) is 45.4 Å². The molecule has 35 heavy (non-hydrogen) atoms. The Morgan fingerprint density at radius 1 is 1.17 bits per heavy atom. The molecule has 12 nitrogen and oxygen atoms in total. The summed E-state index contributed by atoms with van der Waals surface area (Å²) >= 11 is 0. The van der Waals surface area contributed by atoms with Gasteiger partial charge in [-0.2, -0.15) is 13.5 Å². The molecule has 0 saturated carbocycles. The molecule has 1 aromatic heterocycles. The maximum Gasteiger partial charge on any atom is 0.293 e. The van der Waals surface area contributed by atoms with Gasteiger partial charge in [-0.15, -0.1) is 0 Å².